The maximum absolute atomic E-state index is 14.6. The zero-order chi connectivity index (χ0) is 54.5. The van der Waals surface area contributed by atoms with Crippen LogP contribution in [0.3, 0.4) is 0 Å². The van der Waals surface area contributed by atoms with E-state index in [1.54, 1.807) is 63.6 Å². The van der Waals surface area contributed by atoms with E-state index in [4.69, 9.17) is 20.9 Å². The first-order valence-electron chi connectivity index (χ1n) is 24.8. The molecule has 4 atom stereocenters. The molecule has 0 bridgehead atoms. The molecule has 8 rings (SSSR count). The number of carboxylic acids is 1. The molecule has 8 N–H and O–H groups in total. The third-order valence-corrected chi connectivity index (χ3v) is 15.5. The van der Waals surface area contributed by atoms with Crippen molar-refractivity contribution in [2.24, 2.45) is 16.5 Å². The minimum atomic E-state index is -4.14. The van der Waals surface area contributed by atoms with E-state index >= 15 is 0 Å². The molecule has 1 fully saturated rings. The van der Waals surface area contributed by atoms with Crippen molar-refractivity contribution in [2.45, 2.75) is 141 Å². The van der Waals surface area contributed by atoms with Crippen molar-refractivity contribution in [3.8, 4) is 11.6 Å². The average molecular weight is 1050 g/mol. The third kappa shape index (κ3) is 11.0. The number of carbonyl (C=O) groups is 6. The van der Waals surface area contributed by atoms with Crippen molar-refractivity contribution < 1.29 is 51.8 Å². The number of carbonyl (C=O) groups excluding carboxylic acids is 5. The van der Waals surface area contributed by atoms with Crippen molar-refractivity contribution in [3.63, 3.8) is 0 Å². The first-order valence-corrected chi connectivity index (χ1v) is 26.3. The summed E-state index contributed by atoms with van der Waals surface area (Å²) in [5, 5.41) is 13.4. The van der Waals surface area contributed by atoms with Crippen LogP contribution in [0.1, 0.15) is 115 Å². The number of nitrogens with two attached hydrogens (primary N) is 2. The number of imide groups is 1. The number of sulfonamides is 1. The fourth-order valence-electron chi connectivity index (χ4n) is 10.2. The molecule has 0 saturated carbocycles. The summed E-state index contributed by atoms with van der Waals surface area (Å²) in [7, 11) is -4.14. The van der Waals surface area contributed by atoms with Crippen LogP contribution in [0.2, 0.25) is 0 Å². The van der Waals surface area contributed by atoms with Crippen molar-refractivity contribution in [2.75, 3.05) is 13.1 Å². The van der Waals surface area contributed by atoms with Crippen LogP contribution in [-0.2, 0) is 53.2 Å². The number of fused-ring (bicyclic) bond motifs is 3. The summed E-state index contributed by atoms with van der Waals surface area (Å²) >= 11 is 0. The number of guanidine groups is 1. The lowest BCUT2D eigenvalue weighted by Crippen LogP contribution is -2.54. The summed E-state index contributed by atoms with van der Waals surface area (Å²) in [5.74, 6) is -3.86. The minimum Gasteiger partial charge on any atom is -0.487 e. The van der Waals surface area contributed by atoms with Crippen LogP contribution >= 0.6 is 0 Å². The molecular weight excluding hydrogens is 985 g/mol. The number of nitrogens with zero attached hydrogens (tertiary/aromatic N) is 5. The Labute approximate surface area is 434 Å². The van der Waals surface area contributed by atoms with Gasteiger partial charge in [0.15, 0.2) is 0 Å². The Kier molecular flexibility index (Phi) is 14.8. The summed E-state index contributed by atoms with van der Waals surface area (Å²) in [5.41, 5.74) is 15.4. The number of H-pyrrole nitrogens is 1. The number of hydrogen-bond donors (Lipinski definition) is 6. The van der Waals surface area contributed by atoms with Gasteiger partial charge in [-0.15, -0.1) is 0 Å². The Morgan fingerprint density at radius 3 is 2.33 bits per heavy atom. The molecule has 75 heavy (non-hydrogen) atoms. The molecule has 3 aliphatic heterocycles. The van der Waals surface area contributed by atoms with Gasteiger partial charge in [0.2, 0.25) is 17.8 Å². The molecule has 1 saturated heterocycles. The second-order valence-corrected chi connectivity index (χ2v) is 22.6. The number of esters is 1. The smallest absolute Gasteiger partial charge is 0.329 e. The molecule has 0 radical (unpaired) electrons. The van der Waals surface area contributed by atoms with Crippen LogP contribution < -0.4 is 26.2 Å². The number of rotatable bonds is 17. The number of aliphatic carboxylic acids is 1. The third-order valence-electron chi connectivity index (χ3n) is 13.8. The van der Waals surface area contributed by atoms with Crippen LogP contribution in [0, 0.1) is 20.8 Å². The van der Waals surface area contributed by atoms with Crippen LogP contribution in [0.15, 0.2) is 70.9 Å². The van der Waals surface area contributed by atoms with Gasteiger partial charge in [-0.3, -0.25) is 33.6 Å². The Morgan fingerprint density at radius 2 is 1.67 bits per heavy atom. The molecule has 3 aliphatic rings. The highest BCUT2D eigenvalue weighted by Gasteiger charge is 2.47. The summed E-state index contributed by atoms with van der Waals surface area (Å²) in [6, 6.07) is 8.54. The molecule has 5 aromatic rings. The Hall–Kier alpha value is -7.59. The van der Waals surface area contributed by atoms with Crippen LogP contribution in [-0.4, -0.2) is 128 Å². The number of carboxylic acid groups (broad SMARTS) is 1. The predicted octanol–water partition coefficient (Wildman–Crippen LogP) is 4.04. The fourth-order valence-corrected chi connectivity index (χ4v) is 11.7. The number of nitrogens with one attached hydrogen (secondary N) is 3. The fraction of sp³-hybridized carbons (Fsp3) is 0.434. The van der Waals surface area contributed by atoms with Crippen LogP contribution in [0.5, 0.6) is 5.75 Å². The van der Waals surface area contributed by atoms with E-state index in [-0.39, 0.29) is 67.2 Å². The lowest BCUT2D eigenvalue weighted by Gasteiger charge is -2.31. The van der Waals surface area contributed by atoms with Gasteiger partial charge in [-0.2, -0.15) is 0 Å². The number of hydrogen-bond acceptors (Lipinski definition) is 13. The topological polar surface area (TPSA) is 304 Å². The summed E-state index contributed by atoms with van der Waals surface area (Å²) in [6.45, 7) is 14.4. The molecule has 2 aromatic heterocycles. The first-order chi connectivity index (χ1) is 35.3. The van der Waals surface area contributed by atoms with Crippen LogP contribution in [0.4, 0.5) is 0 Å². The predicted molar refractivity (Wildman–Crippen MR) is 277 cm³/mol. The van der Waals surface area contributed by atoms with Gasteiger partial charge in [-0.1, -0.05) is 30.3 Å². The maximum Gasteiger partial charge on any atom is 0.329 e. The molecular formula is C53H64N10O11S. The molecule has 0 spiro atoms. The monoisotopic (exact) mass is 1050 g/mol. The van der Waals surface area contributed by atoms with Crippen molar-refractivity contribution in [3.05, 3.63) is 106 Å². The van der Waals surface area contributed by atoms with Gasteiger partial charge in [-0.25, -0.2) is 27.7 Å². The Morgan fingerprint density at radius 1 is 1.00 bits per heavy atom. The van der Waals surface area contributed by atoms with Crippen LogP contribution in [0.25, 0.3) is 16.7 Å². The van der Waals surface area contributed by atoms with E-state index in [1.165, 1.54) is 23.4 Å². The molecule has 21 nitrogen and oxygen atoms in total. The van der Waals surface area contributed by atoms with Gasteiger partial charge < -0.3 is 41.2 Å². The first kappa shape index (κ1) is 53.7. The molecule has 398 valence electrons. The van der Waals surface area contributed by atoms with Gasteiger partial charge in [0.05, 0.1) is 27.8 Å². The van der Waals surface area contributed by atoms with E-state index in [0.29, 0.717) is 57.7 Å². The quantitative estimate of drug-likeness (QED) is 0.0252. The van der Waals surface area contributed by atoms with E-state index in [2.05, 4.69) is 25.0 Å². The highest BCUT2D eigenvalue weighted by Crippen LogP contribution is 2.44. The Bertz CT molecular complexity index is 3250. The lowest BCUT2D eigenvalue weighted by molar-refractivity contribution is -0.158. The van der Waals surface area contributed by atoms with Crippen molar-refractivity contribution in [1.29, 1.82) is 0 Å². The van der Waals surface area contributed by atoms with E-state index in [1.807, 2.05) is 39.0 Å². The van der Waals surface area contributed by atoms with Crippen molar-refractivity contribution in [1.82, 2.24) is 34.4 Å². The Balaban J connectivity index is 0.983. The number of amides is 4. The number of para-hydroxylation sites is 1. The number of benzene rings is 3. The zero-order valence-corrected chi connectivity index (χ0v) is 44.1. The SMILES string of the molecule is Cc1c(C)c(S(=O)(=O)NC(N)=NCCC[C@H](N)C(=O)N[C@@H](Cc2cn(-c3[nH]c4ccccc4c3C[C@@H](C(=O)N3CCC[C@H]3C(=O)O)N3C(=O)c4ccccc4C3=O)cn2)C(=O)OC(C)(C)C)c(C)c2c1OC(C)(C)C2. The standard InChI is InChI=1S/C53H64N10O11S/c1-28-29(2)43(30(3)36-25-53(7,8)73-42(28)36)75(71,72)60-51(55)56-21-13-18-37(54)45(64)59-39(50(70)74-52(4,5)6)23-31-26-61(27-57-31)44-35(32-15-11-12-19-38(32)58-44)24-41(48(67)62-22-14-20-40(62)49(68)69)63-46(65)33-16-9-10-17-34(33)47(63)66/h9-12,15-17,19,26-27,37,39-41,58H,13-14,18,20-25,54H2,1-8H3,(H,59,64)(H,68,69)(H3,55,56,60)/t37-,39-,40-,41-/m0/s1. The lowest BCUT2D eigenvalue weighted by atomic mass is 9.94. The number of ether oxygens (including phenoxy) is 2. The van der Waals surface area contributed by atoms with Gasteiger partial charge in [-0.05, 0) is 116 Å². The highest BCUT2D eigenvalue weighted by atomic mass is 32.2. The second kappa shape index (κ2) is 20.6. The molecule has 5 heterocycles. The molecule has 3 aromatic carbocycles. The number of likely N-dealkylation sites (tertiary alicyclic amines) is 1. The molecule has 22 heteroatoms. The maximum atomic E-state index is 14.6. The zero-order valence-electron chi connectivity index (χ0n) is 43.3. The largest absolute Gasteiger partial charge is 0.487 e. The highest BCUT2D eigenvalue weighted by molar-refractivity contribution is 7.90. The number of aromatic amines is 1. The molecule has 4 amide bonds. The normalized spacial score (nSPS) is 17.6. The number of aliphatic imine (C=N–C) groups is 1. The number of aromatic nitrogens is 3. The minimum absolute atomic E-state index is 0.0233. The summed E-state index contributed by atoms with van der Waals surface area (Å²) in [4.78, 5) is 96.8. The van der Waals surface area contributed by atoms with E-state index in [9.17, 15) is 42.3 Å². The molecule has 0 aliphatic carbocycles. The van der Waals surface area contributed by atoms with E-state index in [0.717, 1.165) is 16.0 Å². The van der Waals surface area contributed by atoms with Gasteiger partial charge in [0.25, 0.3) is 21.8 Å². The summed E-state index contributed by atoms with van der Waals surface area (Å²) < 4.78 is 43.2. The average Bonchev–Trinajstić information content (AvgIpc) is 4.19. The van der Waals surface area contributed by atoms with Gasteiger partial charge in [0, 0.05) is 60.6 Å². The van der Waals surface area contributed by atoms with E-state index < -0.39 is 81.0 Å². The van der Waals surface area contributed by atoms with Gasteiger partial charge >= 0.3 is 11.9 Å². The van der Waals surface area contributed by atoms with Gasteiger partial charge in [0.1, 0.15) is 47.2 Å². The number of imidazole rings is 1. The molecule has 0 unspecified atom stereocenters. The van der Waals surface area contributed by atoms with Crippen molar-refractivity contribution >= 4 is 62.5 Å². The second-order valence-electron chi connectivity index (χ2n) is 21.0. The summed E-state index contributed by atoms with van der Waals surface area (Å²) in [6.07, 6.45) is 4.25.